The Bertz CT molecular complexity index is 249. The van der Waals surface area contributed by atoms with Crippen LogP contribution in [0.3, 0.4) is 0 Å². The topological polar surface area (TPSA) is 61.0 Å². The molecule has 0 unspecified atom stereocenters. The summed E-state index contributed by atoms with van der Waals surface area (Å²) in [4.78, 5) is 8.03. The normalized spacial score (nSPS) is 10.0. The second-order valence-electron chi connectivity index (χ2n) is 2.25. The molecule has 11 heavy (non-hydrogen) atoms. The quantitative estimate of drug-likeness (QED) is 0.672. The summed E-state index contributed by atoms with van der Waals surface area (Å²) < 4.78 is 4.89. The number of nitrogens with two attached hydrogens (primary N) is 1. The van der Waals surface area contributed by atoms with Crippen molar-refractivity contribution in [1.82, 2.24) is 9.97 Å². The summed E-state index contributed by atoms with van der Waals surface area (Å²) in [6.07, 6.45) is 1.59. The summed E-state index contributed by atoms with van der Waals surface area (Å²) in [5.74, 6) is 0.714. The van der Waals surface area contributed by atoms with Gasteiger partial charge in [0.05, 0.1) is 24.2 Å². The van der Waals surface area contributed by atoms with Gasteiger partial charge in [0.25, 0.3) is 0 Å². The Labute approximate surface area is 65.4 Å². The molecule has 0 fully saturated rings. The third-order valence-electron chi connectivity index (χ3n) is 1.30. The number of hydrogen-bond acceptors (Lipinski definition) is 4. The molecule has 2 N–H and O–H groups in total. The van der Waals surface area contributed by atoms with Gasteiger partial charge in [0.2, 0.25) is 0 Å². The highest BCUT2D eigenvalue weighted by molar-refractivity contribution is 5.39. The first-order chi connectivity index (χ1) is 5.24. The van der Waals surface area contributed by atoms with Crippen molar-refractivity contribution in [3.63, 3.8) is 0 Å². The van der Waals surface area contributed by atoms with Crippen molar-refractivity contribution in [3.8, 4) is 0 Å². The van der Waals surface area contributed by atoms with E-state index < -0.39 is 0 Å². The van der Waals surface area contributed by atoms with Crippen LogP contribution in [-0.4, -0.2) is 17.1 Å². The van der Waals surface area contributed by atoms with Gasteiger partial charge in [0.15, 0.2) is 0 Å². The number of aryl methyl sites for hydroxylation is 1. The standard InChI is InChI=1S/C7H11N3O/c1-5-9-3-6(8)7(10-5)4-11-2/h3H,4,8H2,1-2H3. The van der Waals surface area contributed by atoms with Gasteiger partial charge in [-0.3, -0.25) is 0 Å². The highest BCUT2D eigenvalue weighted by Crippen LogP contribution is 2.07. The summed E-state index contributed by atoms with van der Waals surface area (Å²) in [7, 11) is 1.61. The molecule has 1 aromatic heterocycles. The molecular weight excluding hydrogens is 142 g/mol. The molecule has 0 radical (unpaired) electrons. The number of nitrogen functional groups attached to an aromatic ring is 1. The van der Waals surface area contributed by atoms with Crippen LogP contribution in [-0.2, 0) is 11.3 Å². The first-order valence-corrected chi connectivity index (χ1v) is 3.31. The maximum absolute atomic E-state index is 5.57. The SMILES string of the molecule is COCc1nc(C)ncc1N. The second kappa shape index (κ2) is 3.30. The average Bonchev–Trinajstić information content (AvgIpc) is 1.98. The summed E-state index contributed by atoms with van der Waals surface area (Å²) in [6.45, 7) is 2.26. The van der Waals surface area contributed by atoms with E-state index >= 15 is 0 Å². The lowest BCUT2D eigenvalue weighted by atomic mass is 10.3. The lowest BCUT2D eigenvalue weighted by molar-refractivity contribution is 0.182. The predicted octanol–water partition coefficient (Wildman–Crippen LogP) is 0.514. The molecule has 0 saturated heterocycles. The van der Waals surface area contributed by atoms with Crippen molar-refractivity contribution < 1.29 is 4.74 Å². The Morgan fingerprint density at radius 3 is 3.00 bits per heavy atom. The van der Waals surface area contributed by atoms with Crippen LogP contribution in [0, 0.1) is 6.92 Å². The molecule has 4 nitrogen and oxygen atoms in total. The van der Waals surface area contributed by atoms with Crippen LogP contribution in [0.5, 0.6) is 0 Å². The van der Waals surface area contributed by atoms with Crippen molar-refractivity contribution in [1.29, 1.82) is 0 Å². The minimum Gasteiger partial charge on any atom is -0.396 e. The molecule has 0 bridgehead atoms. The van der Waals surface area contributed by atoms with E-state index in [-0.39, 0.29) is 0 Å². The van der Waals surface area contributed by atoms with E-state index in [0.717, 1.165) is 5.69 Å². The summed E-state index contributed by atoms with van der Waals surface area (Å²) >= 11 is 0. The molecule has 0 atom stereocenters. The molecule has 0 saturated carbocycles. The second-order valence-corrected chi connectivity index (χ2v) is 2.25. The number of rotatable bonds is 2. The van der Waals surface area contributed by atoms with Crippen LogP contribution in [0.15, 0.2) is 6.20 Å². The van der Waals surface area contributed by atoms with Gasteiger partial charge in [-0.25, -0.2) is 9.97 Å². The molecule has 1 rings (SSSR count). The number of nitrogens with zero attached hydrogens (tertiary/aromatic N) is 2. The van der Waals surface area contributed by atoms with Gasteiger partial charge in [0, 0.05) is 7.11 Å². The Morgan fingerprint density at radius 1 is 1.64 bits per heavy atom. The zero-order chi connectivity index (χ0) is 8.27. The van der Waals surface area contributed by atoms with Crippen LogP contribution < -0.4 is 5.73 Å². The van der Waals surface area contributed by atoms with E-state index in [1.54, 1.807) is 13.3 Å². The van der Waals surface area contributed by atoms with Crippen LogP contribution in [0.4, 0.5) is 5.69 Å². The molecule has 0 aliphatic heterocycles. The van der Waals surface area contributed by atoms with Gasteiger partial charge in [0.1, 0.15) is 5.82 Å². The zero-order valence-corrected chi connectivity index (χ0v) is 6.66. The van der Waals surface area contributed by atoms with E-state index in [1.165, 1.54) is 0 Å². The Hall–Kier alpha value is -1.16. The van der Waals surface area contributed by atoms with E-state index in [2.05, 4.69) is 9.97 Å². The predicted molar refractivity (Wildman–Crippen MR) is 41.9 cm³/mol. The van der Waals surface area contributed by atoms with Crippen LogP contribution in [0.25, 0.3) is 0 Å². The van der Waals surface area contributed by atoms with Crippen LogP contribution >= 0.6 is 0 Å². The molecule has 0 aromatic carbocycles. The highest BCUT2D eigenvalue weighted by Gasteiger charge is 1.99. The maximum Gasteiger partial charge on any atom is 0.125 e. The van der Waals surface area contributed by atoms with Gasteiger partial charge in [-0.05, 0) is 6.92 Å². The third-order valence-corrected chi connectivity index (χ3v) is 1.30. The number of methoxy groups -OCH3 is 1. The Morgan fingerprint density at radius 2 is 2.36 bits per heavy atom. The molecule has 0 amide bonds. The summed E-state index contributed by atoms with van der Waals surface area (Å²) in [5.41, 5.74) is 6.90. The number of aromatic nitrogens is 2. The minimum atomic E-state index is 0.440. The molecular formula is C7H11N3O. The van der Waals surface area contributed by atoms with Gasteiger partial charge >= 0.3 is 0 Å². The number of ether oxygens (including phenoxy) is 1. The van der Waals surface area contributed by atoms with Crippen molar-refractivity contribution >= 4 is 5.69 Å². The highest BCUT2D eigenvalue weighted by atomic mass is 16.5. The van der Waals surface area contributed by atoms with E-state index in [9.17, 15) is 0 Å². The summed E-state index contributed by atoms with van der Waals surface area (Å²) in [5, 5.41) is 0. The lowest BCUT2D eigenvalue weighted by Gasteiger charge is -2.02. The van der Waals surface area contributed by atoms with Gasteiger partial charge in [-0.15, -0.1) is 0 Å². The van der Waals surface area contributed by atoms with Crippen molar-refractivity contribution in [2.45, 2.75) is 13.5 Å². The molecule has 1 aromatic rings. The fourth-order valence-electron chi connectivity index (χ4n) is 0.779. The number of hydrogen-bond donors (Lipinski definition) is 1. The minimum absolute atomic E-state index is 0.440. The first-order valence-electron chi connectivity index (χ1n) is 3.31. The fraction of sp³-hybridized carbons (Fsp3) is 0.429. The first kappa shape index (κ1) is 7.94. The van der Waals surface area contributed by atoms with E-state index in [4.69, 9.17) is 10.5 Å². The Balaban J connectivity index is 2.93. The molecule has 0 aliphatic rings. The van der Waals surface area contributed by atoms with Crippen molar-refractivity contribution in [2.24, 2.45) is 0 Å². The van der Waals surface area contributed by atoms with Crippen molar-refractivity contribution in [3.05, 3.63) is 17.7 Å². The monoisotopic (exact) mass is 153 g/mol. The molecule has 60 valence electrons. The van der Waals surface area contributed by atoms with E-state index in [0.29, 0.717) is 18.1 Å². The smallest absolute Gasteiger partial charge is 0.125 e. The van der Waals surface area contributed by atoms with Gasteiger partial charge in [-0.2, -0.15) is 0 Å². The molecule has 4 heteroatoms. The van der Waals surface area contributed by atoms with Gasteiger partial charge < -0.3 is 10.5 Å². The van der Waals surface area contributed by atoms with Crippen LogP contribution in [0.1, 0.15) is 11.5 Å². The average molecular weight is 153 g/mol. The Kier molecular flexibility index (Phi) is 2.38. The van der Waals surface area contributed by atoms with Gasteiger partial charge in [-0.1, -0.05) is 0 Å². The number of anilines is 1. The fourth-order valence-corrected chi connectivity index (χ4v) is 0.779. The van der Waals surface area contributed by atoms with E-state index in [1.807, 2.05) is 6.92 Å². The zero-order valence-electron chi connectivity index (χ0n) is 6.66. The lowest BCUT2D eigenvalue weighted by Crippen LogP contribution is -2.02. The molecule has 1 heterocycles. The van der Waals surface area contributed by atoms with Crippen LogP contribution in [0.2, 0.25) is 0 Å². The molecule has 0 aliphatic carbocycles. The maximum atomic E-state index is 5.57. The molecule has 0 spiro atoms. The third kappa shape index (κ3) is 1.88. The largest absolute Gasteiger partial charge is 0.396 e. The van der Waals surface area contributed by atoms with Crippen molar-refractivity contribution in [2.75, 3.05) is 12.8 Å². The summed E-state index contributed by atoms with van der Waals surface area (Å²) in [6, 6.07) is 0.